The second-order valence-corrected chi connectivity index (χ2v) is 5.59. The molecule has 1 aromatic rings. The summed E-state index contributed by atoms with van der Waals surface area (Å²) in [5.74, 6) is 0.389. The molecule has 6 heteroatoms. The van der Waals surface area contributed by atoms with E-state index in [1.54, 1.807) is 4.90 Å². The third kappa shape index (κ3) is 3.76. The molecule has 0 radical (unpaired) electrons. The predicted octanol–water partition coefficient (Wildman–Crippen LogP) is 0.902. The lowest BCUT2D eigenvalue weighted by Gasteiger charge is -2.29. The van der Waals surface area contributed by atoms with Gasteiger partial charge in [-0.15, -0.1) is 0 Å². The van der Waals surface area contributed by atoms with Gasteiger partial charge in [0.25, 0.3) is 5.91 Å². The van der Waals surface area contributed by atoms with Crippen LogP contribution in [0.2, 0.25) is 0 Å². The highest BCUT2D eigenvalue weighted by atomic mass is 16.5. The standard InChI is InChI=1S/C16H23N3O3/c1-11(12(2)17)16(21)18-8-5-9-19-13-6-3-4-7-14(13)22-10-15(19)20/h3-4,6-7,11-12H,5,8-10,17H2,1-2H3,(H,18,21). The van der Waals surface area contributed by atoms with E-state index < -0.39 is 0 Å². The van der Waals surface area contributed by atoms with Gasteiger partial charge in [0.15, 0.2) is 6.61 Å². The maximum atomic E-state index is 12.0. The number of anilines is 1. The van der Waals surface area contributed by atoms with Crippen molar-refractivity contribution in [3.63, 3.8) is 0 Å². The molecule has 1 aliphatic rings. The summed E-state index contributed by atoms with van der Waals surface area (Å²) in [5.41, 5.74) is 6.49. The summed E-state index contributed by atoms with van der Waals surface area (Å²) < 4.78 is 5.39. The van der Waals surface area contributed by atoms with E-state index in [0.29, 0.717) is 19.5 Å². The van der Waals surface area contributed by atoms with Crippen molar-refractivity contribution in [3.05, 3.63) is 24.3 Å². The minimum atomic E-state index is -0.217. The summed E-state index contributed by atoms with van der Waals surface area (Å²) in [5, 5.41) is 2.85. The molecule has 2 unspecified atom stereocenters. The number of carbonyl (C=O) groups excluding carboxylic acids is 2. The Morgan fingerprint density at radius 2 is 2.14 bits per heavy atom. The number of fused-ring (bicyclic) bond motifs is 1. The summed E-state index contributed by atoms with van der Waals surface area (Å²) in [6, 6.07) is 7.29. The zero-order valence-electron chi connectivity index (χ0n) is 13.0. The van der Waals surface area contributed by atoms with Gasteiger partial charge < -0.3 is 20.7 Å². The number of nitrogens with zero attached hydrogens (tertiary/aromatic N) is 1. The molecule has 2 amide bonds. The van der Waals surface area contributed by atoms with Gasteiger partial charge in [0.05, 0.1) is 5.69 Å². The largest absolute Gasteiger partial charge is 0.482 e. The van der Waals surface area contributed by atoms with E-state index in [0.717, 1.165) is 11.4 Å². The topological polar surface area (TPSA) is 84.7 Å². The average molecular weight is 305 g/mol. The molecule has 0 saturated carbocycles. The lowest BCUT2D eigenvalue weighted by Crippen LogP contribution is -2.42. The Labute approximate surface area is 130 Å². The summed E-state index contributed by atoms with van der Waals surface area (Å²) in [6.45, 7) is 4.75. The predicted molar refractivity (Wildman–Crippen MR) is 84.7 cm³/mol. The van der Waals surface area contributed by atoms with Crippen LogP contribution in [0.15, 0.2) is 24.3 Å². The third-order valence-electron chi connectivity index (χ3n) is 3.87. The van der Waals surface area contributed by atoms with Gasteiger partial charge >= 0.3 is 0 Å². The lowest BCUT2D eigenvalue weighted by molar-refractivity contribution is -0.124. The molecule has 0 spiro atoms. The zero-order chi connectivity index (χ0) is 16.1. The van der Waals surface area contributed by atoms with Crippen molar-refractivity contribution in [3.8, 4) is 5.75 Å². The Bertz CT molecular complexity index is 545. The number of hydrogen-bond acceptors (Lipinski definition) is 4. The van der Waals surface area contributed by atoms with Gasteiger partial charge in [-0.3, -0.25) is 9.59 Å². The van der Waals surface area contributed by atoms with Gasteiger partial charge in [0.1, 0.15) is 5.75 Å². The van der Waals surface area contributed by atoms with E-state index in [4.69, 9.17) is 10.5 Å². The summed E-state index contributed by atoms with van der Waals surface area (Å²) in [6.07, 6.45) is 0.678. The quantitative estimate of drug-likeness (QED) is 0.765. The number of amides is 2. The number of nitrogens with two attached hydrogens (primary N) is 1. The van der Waals surface area contributed by atoms with E-state index in [2.05, 4.69) is 5.32 Å². The molecule has 0 bridgehead atoms. The molecule has 3 N–H and O–H groups in total. The molecule has 2 atom stereocenters. The maximum absolute atomic E-state index is 12.0. The Morgan fingerprint density at radius 1 is 1.41 bits per heavy atom. The number of carbonyl (C=O) groups is 2. The van der Waals surface area contributed by atoms with Crippen LogP contribution in [0.25, 0.3) is 0 Å². The van der Waals surface area contributed by atoms with Crippen molar-refractivity contribution in [2.45, 2.75) is 26.3 Å². The molecule has 1 aromatic carbocycles. The van der Waals surface area contributed by atoms with Gasteiger partial charge in [0.2, 0.25) is 5.91 Å². The van der Waals surface area contributed by atoms with Crippen LogP contribution in [0.3, 0.4) is 0 Å². The number of hydrogen-bond donors (Lipinski definition) is 2. The smallest absolute Gasteiger partial charge is 0.265 e. The summed E-state index contributed by atoms with van der Waals surface area (Å²) >= 11 is 0. The highest BCUT2D eigenvalue weighted by molar-refractivity contribution is 5.97. The van der Waals surface area contributed by atoms with Crippen molar-refractivity contribution < 1.29 is 14.3 Å². The van der Waals surface area contributed by atoms with Crippen molar-refractivity contribution in [1.82, 2.24) is 5.32 Å². The molecule has 6 nitrogen and oxygen atoms in total. The molecule has 120 valence electrons. The van der Waals surface area contributed by atoms with Crippen molar-refractivity contribution in [1.29, 1.82) is 0 Å². The van der Waals surface area contributed by atoms with Gasteiger partial charge in [-0.2, -0.15) is 0 Å². The maximum Gasteiger partial charge on any atom is 0.265 e. The average Bonchev–Trinajstić information content (AvgIpc) is 2.52. The van der Waals surface area contributed by atoms with Gasteiger partial charge in [0, 0.05) is 25.0 Å². The second kappa shape index (κ2) is 7.26. The summed E-state index contributed by atoms with van der Waals surface area (Å²) in [4.78, 5) is 25.5. The molecule has 1 heterocycles. The van der Waals surface area contributed by atoms with Crippen LogP contribution < -0.4 is 20.7 Å². The van der Waals surface area contributed by atoms with E-state index in [-0.39, 0.29) is 30.4 Å². The molecule has 0 saturated heterocycles. The summed E-state index contributed by atoms with van der Waals surface area (Å²) in [7, 11) is 0. The normalized spacial score (nSPS) is 16.5. The van der Waals surface area contributed by atoms with Crippen LogP contribution in [0.4, 0.5) is 5.69 Å². The minimum absolute atomic E-state index is 0.0521. The molecule has 0 aliphatic carbocycles. The fourth-order valence-corrected chi connectivity index (χ4v) is 2.25. The first kappa shape index (κ1) is 16.3. The van der Waals surface area contributed by atoms with Crippen LogP contribution in [0.1, 0.15) is 20.3 Å². The van der Waals surface area contributed by atoms with Gasteiger partial charge in [-0.25, -0.2) is 0 Å². The van der Waals surface area contributed by atoms with E-state index in [1.807, 2.05) is 38.1 Å². The number of rotatable bonds is 6. The Kier molecular flexibility index (Phi) is 5.38. The number of para-hydroxylation sites is 2. The minimum Gasteiger partial charge on any atom is -0.482 e. The molecule has 0 fully saturated rings. The monoisotopic (exact) mass is 305 g/mol. The molecule has 1 aliphatic heterocycles. The Balaban J connectivity index is 1.85. The molecule has 2 rings (SSSR count). The first-order chi connectivity index (χ1) is 10.5. The Morgan fingerprint density at radius 3 is 2.86 bits per heavy atom. The van der Waals surface area contributed by atoms with Crippen LogP contribution in [0.5, 0.6) is 5.75 Å². The molecular weight excluding hydrogens is 282 g/mol. The number of ether oxygens (including phenoxy) is 1. The number of benzene rings is 1. The van der Waals surface area contributed by atoms with E-state index in [1.165, 1.54) is 0 Å². The molecule has 22 heavy (non-hydrogen) atoms. The van der Waals surface area contributed by atoms with E-state index in [9.17, 15) is 9.59 Å². The molecule has 0 aromatic heterocycles. The SMILES string of the molecule is CC(N)C(C)C(=O)NCCCN1C(=O)COc2ccccc21. The van der Waals surface area contributed by atoms with Gasteiger partial charge in [-0.05, 0) is 25.5 Å². The lowest BCUT2D eigenvalue weighted by atomic mass is 10.0. The first-order valence-corrected chi connectivity index (χ1v) is 7.56. The van der Waals surface area contributed by atoms with E-state index >= 15 is 0 Å². The number of nitrogens with one attached hydrogen (secondary N) is 1. The van der Waals surface area contributed by atoms with Crippen molar-refractivity contribution in [2.24, 2.45) is 11.7 Å². The fraction of sp³-hybridized carbons (Fsp3) is 0.500. The molecular formula is C16H23N3O3. The van der Waals surface area contributed by atoms with Crippen molar-refractivity contribution >= 4 is 17.5 Å². The fourth-order valence-electron chi connectivity index (χ4n) is 2.25. The highest BCUT2D eigenvalue weighted by Gasteiger charge is 2.24. The zero-order valence-corrected chi connectivity index (χ0v) is 13.0. The second-order valence-electron chi connectivity index (χ2n) is 5.59. The van der Waals surface area contributed by atoms with Crippen LogP contribution >= 0.6 is 0 Å². The Hall–Kier alpha value is -2.08. The van der Waals surface area contributed by atoms with Crippen LogP contribution in [-0.2, 0) is 9.59 Å². The van der Waals surface area contributed by atoms with Crippen molar-refractivity contribution in [2.75, 3.05) is 24.6 Å². The third-order valence-corrected chi connectivity index (χ3v) is 3.87. The van der Waals surface area contributed by atoms with Crippen LogP contribution in [-0.4, -0.2) is 37.6 Å². The van der Waals surface area contributed by atoms with Gasteiger partial charge in [-0.1, -0.05) is 19.1 Å². The highest BCUT2D eigenvalue weighted by Crippen LogP contribution is 2.31. The first-order valence-electron chi connectivity index (χ1n) is 7.56. The van der Waals surface area contributed by atoms with Crippen LogP contribution in [0, 0.1) is 5.92 Å².